The number of ether oxygens (including phenoxy) is 1. The number of nitrogens with two attached hydrogens (primary N) is 1. The van der Waals surface area contributed by atoms with E-state index in [0.717, 1.165) is 37.5 Å². The van der Waals surface area contributed by atoms with Crippen LogP contribution in [0.25, 0.3) is 0 Å². The Kier molecular flexibility index (Phi) is 4.80. The lowest BCUT2D eigenvalue weighted by atomic mass is 9.97. The van der Waals surface area contributed by atoms with Crippen LogP contribution in [0.5, 0.6) is 5.75 Å². The Bertz CT molecular complexity index is 416. The third kappa shape index (κ3) is 3.26. The van der Waals surface area contributed by atoms with Gasteiger partial charge in [-0.3, -0.25) is 4.90 Å². The van der Waals surface area contributed by atoms with Gasteiger partial charge in [0, 0.05) is 43.8 Å². The molecule has 1 fully saturated rings. The number of rotatable bonds is 4. The fraction of sp³-hybridized carbons (Fsp3) is 0.600. The van der Waals surface area contributed by atoms with Gasteiger partial charge in [-0.15, -0.1) is 0 Å². The molecule has 4 heteroatoms. The first-order chi connectivity index (χ1) is 9.13. The summed E-state index contributed by atoms with van der Waals surface area (Å²) in [7, 11) is 1.70. The second kappa shape index (κ2) is 6.37. The molecule has 1 aliphatic heterocycles. The molecule has 0 amide bonds. The maximum Gasteiger partial charge on any atom is 0.123 e. The number of aryl methyl sites for hydroxylation is 1. The van der Waals surface area contributed by atoms with Crippen molar-refractivity contribution in [3.8, 4) is 5.75 Å². The molecule has 3 N–H and O–H groups in total. The van der Waals surface area contributed by atoms with Crippen molar-refractivity contribution in [1.82, 2.24) is 10.2 Å². The fourth-order valence-corrected chi connectivity index (χ4v) is 2.69. The molecule has 2 atom stereocenters. The van der Waals surface area contributed by atoms with Crippen LogP contribution in [-0.2, 0) is 0 Å². The van der Waals surface area contributed by atoms with E-state index in [9.17, 15) is 0 Å². The van der Waals surface area contributed by atoms with E-state index in [1.807, 2.05) is 6.07 Å². The molecular formula is C15H25N3O. The van der Waals surface area contributed by atoms with Crippen molar-refractivity contribution in [2.45, 2.75) is 25.9 Å². The lowest BCUT2D eigenvalue weighted by Crippen LogP contribution is -2.50. The average molecular weight is 263 g/mol. The van der Waals surface area contributed by atoms with Gasteiger partial charge in [0.25, 0.3) is 0 Å². The summed E-state index contributed by atoms with van der Waals surface area (Å²) in [6.07, 6.45) is 0. The van der Waals surface area contributed by atoms with Gasteiger partial charge in [0.15, 0.2) is 0 Å². The van der Waals surface area contributed by atoms with Crippen molar-refractivity contribution in [1.29, 1.82) is 0 Å². The van der Waals surface area contributed by atoms with Gasteiger partial charge in [-0.25, -0.2) is 0 Å². The van der Waals surface area contributed by atoms with Crippen LogP contribution >= 0.6 is 0 Å². The van der Waals surface area contributed by atoms with E-state index in [0.29, 0.717) is 6.04 Å². The lowest BCUT2D eigenvalue weighted by Gasteiger charge is -2.36. The molecular weight excluding hydrogens is 238 g/mol. The molecule has 0 radical (unpaired) electrons. The summed E-state index contributed by atoms with van der Waals surface area (Å²) in [5, 5.41) is 3.37. The van der Waals surface area contributed by atoms with E-state index in [-0.39, 0.29) is 6.04 Å². The molecule has 1 aromatic rings. The summed E-state index contributed by atoms with van der Waals surface area (Å²) in [4.78, 5) is 2.45. The van der Waals surface area contributed by atoms with Crippen LogP contribution in [0.2, 0.25) is 0 Å². The maximum atomic E-state index is 6.47. The molecule has 0 bridgehead atoms. The molecule has 4 nitrogen and oxygen atoms in total. The van der Waals surface area contributed by atoms with Crippen molar-refractivity contribution in [2.75, 3.05) is 33.3 Å². The topological polar surface area (TPSA) is 50.5 Å². The van der Waals surface area contributed by atoms with Gasteiger partial charge >= 0.3 is 0 Å². The Morgan fingerprint density at radius 2 is 2.00 bits per heavy atom. The first kappa shape index (κ1) is 14.3. The van der Waals surface area contributed by atoms with E-state index in [1.165, 1.54) is 5.56 Å². The van der Waals surface area contributed by atoms with Crippen molar-refractivity contribution in [3.63, 3.8) is 0 Å². The third-order valence-corrected chi connectivity index (χ3v) is 3.99. The molecule has 0 aliphatic carbocycles. The molecule has 0 spiro atoms. The lowest BCUT2D eigenvalue weighted by molar-refractivity contribution is 0.162. The van der Waals surface area contributed by atoms with Gasteiger partial charge in [-0.05, 0) is 19.9 Å². The van der Waals surface area contributed by atoms with Gasteiger partial charge in [-0.1, -0.05) is 17.7 Å². The van der Waals surface area contributed by atoms with Crippen LogP contribution in [0.15, 0.2) is 18.2 Å². The van der Waals surface area contributed by atoms with Gasteiger partial charge in [0.2, 0.25) is 0 Å². The van der Waals surface area contributed by atoms with Gasteiger partial charge in [0.05, 0.1) is 7.11 Å². The minimum Gasteiger partial charge on any atom is -0.496 e. The monoisotopic (exact) mass is 263 g/mol. The number of hydrogen-bond donors (Lipinski definition) is 2. The number of piperazine rings is 1. The van der Waals surface area contributed by atoms with Crippen molar-refractivity contribution in [3.05, 3.63) is 29.3 Å². The third-order valence-electron chi connectivity index (χ3n) is 3.99. The number of nitrogens with one attached hydrogen (secondary N) is 1. The summed E-state index contributed by atoms with van der Waals surface area (Å²) in [6, 6.07) is 6.51. The van der Waals surface area contributed by atoms with E-state index < -0.39 is 0 Å². The molecule has 1 aromatic carbocycles. The summed E-state index contributed by atoms with van der Waals surface area (Å²) in [5.74, 6) is 0.889. The smallest absolute Gasteiger partial charge is 0.123 e. The molecule has 19 heavy (non-hydrogen) atoms. The first-order valence-corrected chi connectivity index (χ1v) is 6.98. The largest absolute Gasteiger partial charge is 0.496 e. The minimum atomic E-state index is -0.0204. The van der Waals surface area contributed by atoms with Crippen LogP contribution < -0.4 is 15.8 Å². The Balaban J connectivity index is 2.17. The highest BCUT2D eigenvalue weighted by atomic mass is 16.5. The van der Waals surface area contributed by atoms with Crippen LogP contribution in [0.3, 0.4) is 0 Å². The highest BCUT2D eigenvalue weighted by Gasteiger charge is 2.25. The van der Waals surface area contributed by atoms with E-state index in [4.69, 9.17) is 10.5 Å². The second-order valence-electron chi connectivity index (χ2n) is 5.30. The predicted octanol–water partition coefficient (Wildman–Crippen LogP) is 1.30. The Labute approximate surface area is 115 Å². The number of methoxy groups -OCH3 is 1. The second-order valence-corrected chi connectivity index (χ2v) is 5.30. The van der Waals surface area contributed by atoms with E-state index in [2.05, 4.69) is 36.2 Å². The Morgan fingerprint density at radius 3 is 2.63 bits per heavy atom. The highest BCUT2D eigenvalue weighted by Crippen LogP contribution is 2.28. The standard InChI is InChI=1S/C15H25N3O/c1-11-4-5-14(19-3)13(10-11)15(16)12(2)18-8-6-17-7-9-18/h4-5,10,12,15,17H,6-9,16H2,1-3H3. The summed E-state index contributed by atoms with van der Waals surface area (Å²) < 4.78 is 5.45. The van der Waals surface area contributed by atoms with E-state index >= 15 is 0 Å². The van der Waals surface area contributed by atoms with Gasteiger partial charge < -0.3 is 15.8 Å². The summed E-state index contributed by atoms with van der Waals surface area (Å²) in [6.45, 7) is 8.50. The number of benzene rings is 1. The van der Waals surface area contributed by atoms with E-state index in [1.54, 1.807) is 7.11 Å². The number of nitrogens with zero attached hydrogens (tertiary/aromatic N) is 1. The zero-order valence-corrected chi connectivity index (χ0v) is 12.1. The number of hydrogen-bond acceptors (Lipinski definition) is 4. The SMILES string of the molecule is COc1ccc(C)cc1C(N)C(C)N1CCNCC1. The molecule has 106 valence electrons. The van der Waals surface area contributed by atoms with Crippen molar-refractivity contribution in [2.24, 2.45) is 5.73 Å². The fourth-order valence-electron chi connectivity index (χ4n) is 2.69. The molecule has 1 saturated heterocycles. The summed E-state index contributed by atoms with van der Waals surface area (Å²) in [5.41, 5.74) is 8.80. The Morgan fingerprint density at radius 1 is 1.32 bits per heavy atom. The maximum absolute atomic E-state index is 6.47. The average Bonchev–Trinajstić information content (AvgIpc) is 2.46. The molecule has 2 unspecified atom stereocenters. The quantitative estimate of drug-likeness (QED) is 0.859. The van der Waals surface area contributed by atoms with Crippen LogP contribution in [-0.4, -0.2) is 44.2 Å². The molecule has 0 aromatic heterocycles. The van der Waals surface area contributed by atoms with Gasteiger partial charge in [0.1, 0.15) is 5.75 Å². The van der Waals surface area contributed by atoms with Crippen LogP contribution in [0, 0.1) is 6.92 Å². The van der Waals surface area contributed by atoms with Crippen LogP contribution in [0.1, 0.15) is 24.1 Å². The zero-order valence-electron chi connectivity index (χ0n) is 12.1. The van der Waals surface area contributed by atoms with Crippen molar-refractivity contribution >= 4 is 0 Å². The minimum absolute atomic E-state index is 0.0204. The highest BCUT2D eigenvalue weighted by molar-refractivity contribution is 5.39. The summed E-state index contributed by atoms with van der Waals surface area (Å²) >= 11 is 0. The molecule has 0 saturated carbocycles. The van der Waals surface area contributed by atoms with Crippen LogP contribution in [0.4, 0.5) is 0 Å². The zero-order chi connectivity index (χ0) is 13.8. The predicted molar refractivity (Wildman–Crippen MR) is 78.6 cm³/mol. The molecule has 1 aliphatic rings. The molecule has 1 heterocycles. The first-order valence-electron chi connectivity index (χ1n) is 6.98. The van der Waals surface area contributed by atoms with Crippen molar-refractivity contribution < 1.29 is 4.74 Å². The normalized spacial score (nSPS) is 20.0. The molecule has 2 rings (SSSR count). The Hall–Kier alpha value is -1.10. The van der Waals surface area contributed by atoms with Gasteiger partial charge in [-0.2, -0.15) is 0 Å².